The normalized spacial score (nSPS) is 11.0. The van der Waals surface area contributed by atoms with E-state index in [-0.39, 0.29) is 39.8 Å². The number of rotatable bonds is 11. The zero-order chi connectivity index (χ0) is 31.1. The number of pyridine rings is 1. The third-order valence-corrected chi connectivity index (χ3v) is 8.27. The number of carbonyl (C=O) groups is 2. The van der Waals surface area contributed by atoms with Crippen LogP contribution >= 0.6 is 11.6 Å². The van der Waals surface area contributed by atoms with Crippen LogP contribution in [0.5, 0.6) is 5.75 Å². The fraction of sp³-hybridized carbons (Fsp3) is 0.138. The van der Waals surface area contributed by atoms with Crippen molar-refractivity contribution in [1.29, 1.82) is 0 Å². The number of sulfonamides is 1. The lowest BCUT2D eigenvalue weighted by molar-refractivity contribution is -0.385. The zero-order valence-corrected chi connectivity index (χ0v) is 24.6. The van der Waals surface area contributed by atoms with E-state index in [9.17, 15) is 28.1 Å². The zero-order valence-electron chi connectivity index (χ0n) is 23.0. The molecule has 1 aromatic heterocycles. The van der Waals surface area contributed by atoms with E-state index in [0.717, 1.165) is 15.9 Å². The molecule has 0 spiro atoms. The maximum absolute atomic E-state index is 13.9. The van der Waals surface area contributed by atoms with Gasteiger partial charge in [0.25, 0.3) is 21.6 Å². The van der Waals surface area contributed by atoms with E-state index in [0.29, 0.717) is 0 Å². The van der Waals surface area contributed by atoms with E-state index >= 15 is 0 Å². The second-order valence-electron chi connectivity index (χ2n) is 9.17. The molecule has 0 aliphatic heterocycles. The first-order chi connectivity index (χ1) is 20.5. The molecule has 1 heterocycles. The monoisotopic (exact) mass is 623 g/mol. The standard InChI is InChI=1S/C29H26ClN5O7S/c1-19-9-11-22(15-25(19)35(38)39)43(40,41)34(26-14-21(30)10-12-27(26)42-2)18-28(36)33-24-8-4-3-7-23(24)29(37)32-17-20-6-5-13-31-16-20/h3-16H,17-18H2,1-2H3,(H,32,37)(H,33,36). The third-order valence-electron chi connectivity index (χ3n) is 6.28. The summed E-state index contributed by atoms with van der Waals surface area (Å²) in [6, 6.07) is 17.4. The lowest BCUT2D eigenvalue weighted by Gasteiger charge is -2.26. The maximum Gasteiger partial charge on any atom is 0.273 e. The minimum Gasteiger partial charge on any atom is -0.495 e. The van der Waals surface area contributed by atoms with Crippen molar-refractivity contribution in [2.24, 2.45) is 0 Å². The lowest BCUT2D eigenvalue weighted by Crippen LogP contribution is -2.38. The Morgan fingerprint density at radius 1 is 1.07 bits per heavy atom. The van der Waals surface area contributed by atoms with Gasteiger partial charge in [0.05, 0.1) is 33.9 Å². The van der Waals surface area contributed by atoms with Crippen molar-refractivity contribution in [2.75, 3.05) is 23.3 Å². The Hall–Kier alpha value is -5.01. The summed E-state index contributed by atoms with van der Waals surface area (Å²) in [5.74, 6) is -1.20. The summed E-state index contributed by atoms with van der Waals surface area (Å²) >= 11 is 6.18. The number of amides is 2. The van der Waals surface area contributed by atoms with E-state index < -0.39 is 43.9 Å². The molecule has 0 aliphatic rings. The van der Waals surface area contributed by atoms with E-state index in [1.807, 2.05) is 0 Å². The van der Waals surface area contributed by atoms with Crippen LogP contribution in [0, 0.1) is 17.0 Å². The molecule has 2 amide bonds. The number of nitrogens with one attached hydrogen (secondary N) is 2. The second kappa shape index (κ2) is 13.3. The highest BCUT2D eigenvalue weighted by molar-refractivity contribution is 7.92. The van der Waals surface area contributed by atoms with Gasteiger partial charge in [0.2, 0.25) is 5.91 Å². The summed E-state index contributed by atoms with van der Waals surface area (Å²) in [6.07, 6.45) is 3.22. The fourth-order valence-electron chi connectivity index (χ4n) is 4.12. The molecule has 222 valence electrons. The number of ether oxygens (including phenoxy) is 1. The van der Waals surface area contributed by atoms with Gasteiger partial charge in [0, 0.05) is 35.6 Å². The molecule has 0 saturated heterocycles. The van der Waals surface area contributed by atoms with E-state index in [1.54, 1.807) is 36.7 Å². The topological polar surface area (TPSA) is 161 Å². The van der Waals surface area contributed by atoms with Crippen LogP contribution in [0.2, 0.25) is 5.02 Å². The molecule has 4 rings (SSSR count). The first kappa shape index (κ1) is 30.9. The molecule has 0 radical (unpaired) electrons. The van der Waals surface area contributed by atoms with Crippen LogP contribution in [0.4, 0.5) is 17.1 Å². The quantitative estimate of drug-likeness (QED) is 0.179. The Morgan fingerprint density at radius 3 is 2.53 bits per heavy atom. The number of nitrogens with zero attached hydrogens (tertiary/aromatic N) is 3. The van der Waals surface area contributed by atoms with Gasteiger partial charge < -0.3 is 15.4 Å². The largest absolute Gasteiger partial charge is 0.495 e. The van der Waals surface area contributed by atoms with Crippen molar-refractivity contribution in [3.05, 3.63) is 117 Å². The Kier molecular flexibility index (Phi) is 9.58. The average Bonchev–Trinajstić information content (AvgIpc) is 2.99. The highest BCUT2D eigenvalue weighted by atomic mass is 35.5. The smallest absolute Gasteiger partial charge is 0.273 e. The average molecular weight is 624 g/mol. The van der Waals surface area contributed by atoms with Gasteiger partial charge in [-0.2, -0.15) is 0 Å². The summed E-state index contributed by atoms with van der Waals surface area (Å²) in [6.45, 7) is 0.884. The third kappa shape index (κ3) is 7.26. The van der Waals surface area contributed by atoms with Gasteiger partial charge in [0.1, 0.15) is 12.3 Å². The summed E-state index contributed by atoms with van der Waals surface area (Å²) in [5.41, 5.74) is 0.823. The van der Waals surface area contributed by atoms with Crippen LogP contribution in [-0.4, -0.2) is 43.8 Å². The summed E-state index contributed by atoms with van der Waals surface area (Å²) < 4.78 is 34.0. The molecule has 0 bridgehead atoms. The van der Waals surface area contributed by atoms with Gasteiger partial charge in [-0.3, -0.25) is 29.0 Å². The van der Waals surface area contributed by atoms with E-state index in [1.165, 1.54) is 56.5 Å². The van der Waals surface area contributed by atoms with Crippen molar-refractivity contribution in [2.45, 2.75) is 18.4 Å². The molecule has 12 nitrogen and oxygen atoms in total. The second-order valence-corrected chi connectivity index (χ2v) is 11.5. The predicted molar refractivity (Wildman–Crippen MR) is 161 cm³/mol. The van der Waals surface area contributed by atoms with Crippen LogP contribution in [0.3, 0.4) is 0 Å². The van der Waals surface area contributed by atoms with Gasteiger partial charge in [-0.25, -0.2) is 8.42 Å². The number of carbonyl (C=O) groups excluding carboxylic acids is 2. The van der Waals surface area contributed by atoms with E-state index in [4.69, 9.17) is 16.3 Å². The first-order valence-electron chi connectivity index (χ1n) is 12.7. The number of anilines is 2. The number of halogens is 1. The number of benzene rings is 3. The molecule has 0 atom stereocenters. The highest BCUT2D eigenvalue weighted by Gasteiger charge is 2.31. The van der Waals surface area contributed by atoms with Crippen LogP contribution in [0.25, 0.3) is 0 Å². The summed E-state index contributed by atoms with van der Waals surface area (Å²) in [7, 11) is -3.27. The van der Waals surface area contributed by atoms with Crippen LogP contribution in [0.15, 0.2) is 90.1 Å². The van der Waals surface area contributed by atoms with Gasteiger partial charge in [-0.1, -0.05) is 35.9 Å². The predicted octanol–water partition coefficient (Wildman–Crippen LogP) is 4.72. The number of methoxy groups -OCH3 is 1. The molecule has 2 N–H and O–H groups in total. The molecule has 0 aliphatic carbocycles. The molecular weight excluding hydrogens is 598 g/mol. The highest BCUT2D eigenvalue weighted by Crippen LogP contribution is 2.36. The SMILES string of the molecule is COc1ccc(Cl)cc1N(CC(=O)Nc1ccccc1C(=O)NCc1cccnc1)S(=O)(=O)c1ccc(C)c([N+](=O)[O-])c1. The van der Waals surface area contributed by atoms with E-state index in [2.05, 4.69) is 15.6 Å². The molecule has 14 heteroatoms. The van der Waals surface area contributed by atoms with Crippen molar-refractivity contribution in [3.8, 4) is 5.75 Å². The molecule has 0 fully saturated rings. The molecule has 0 saturated carbocycles. The van der Waals surface area contributed by atoms with Gasteiger partial charge in [-0.05, 0) is 55.0 Å². The van der Waals surface area contributed by atoms with Crippen LogP contribution in [0.1, 0.15) is 21.5 Å². The fourth-order valence-corrected chi connectivity index (χ4v) is 5.73. The Labute approximate surface area is 252 Å². The number of aryl methyl sites for hydroxylation is 1. The summed E-state index contributed by atoms with van der Waals surface area (Å²) in [4.78, 5) is 40.8. The molecule has 4 aromatic rings. The minimum absolute atomic E-state index is 0.0733. The number of para-hydroxylation sites is 1. The molecule has 3 aromatic carbocycles. The van der Waals surface area contributed by atoms with Crippen molar-refractivity contribution in [1.82, 2.24) is 10.3 Å². The number of aromatic nitrogens is 1. The minimum atomic E-state index is -4.59. The molecular formula is C29H26ClN5O7S. The van der Waals surface area contributed by atoms with Crippen LogP contribution < -0.4 is 19.7 Å². The van der Waals surface area contributed by atoms with Crippen molar-refractivity contribution < 1.29 is 27.7 Å². The van der Waals surface area contributed by atoms with Crippen molar-refractivity contribution >= 4 is 50.5 Å². The number of nitro groups is 1. The number of hydrogen-bond acceptors (Lipinski definition) is 8. The Morgan fingerprint density at radius 2 is 1.84 bits per heavy atom. The lowest BCUT2D eigenvalue weighted by atomic mass is 10.1. The number of nitro benzene ring substituents is 1. The first-order valence-corrected chi connectivity index (χ1v) is 14.5. The van der Waals surface area contributed by atoms with Gasteiger partial charge in [0.15, 0.2) is 0 Å². The molecule has 43 heavy (non-hydrogen) atoms. The maximum atomic E-state index is 13.9. The van der Waals surface area contributed by atoms with Gasteiger partial charge >= 0.3 is 0 Å². The van der Waals surface area contributed by atoms with Crippen LogP contribution in [-0.2, 0) is 21.4 Å². The van der Waals surface area contributed by atoms with Gasteiger partial charge in [-0.15, -0.1) is 0 Å². The Bertz CT molecular complexity index is 1790. The summed E-state index contributed by atoms with van der Waals surface area (Å²) in [5, 5.41) is 17.1. The molecule has 0 unspecified atom stereocenters. The van der Waals surface area contributed by atoms with Crippen molar-refractivity contribution in [3.63, 3.8) is 0 Å². The number of hydrogen-bond donors (Lipinski definition) is 2. The Balaban J connectivity index is 1.67.